The Bertz CT molecular complexity index is 524. The summed E-state index contributed by atoms with van der Waals surface area (Å²) in [6.45, 7) is 14.9. The van der Waals surface area contributed by atoms with E-state index in [0.717, 1.165) is 4.47 Å². The maximum atomic E-state index is 12.1. The van der Waals surface area contributed by atoms with Crippen LogP contribution in [-0.4, -0.2) is 25.3 Å². The van der Waals surface area contributed by atoms with E-state index in [-0.39, 0.29) is 17.2 Å². The molecule has 0 N–H and O–H groups in total. The van der Waals surface area contributed by atoms with Gasteiger partial charge in [-0.1, -0.05) is 41.6 Å². The molecule has 0 fully saturated rings. The van der Waals surface area contributed by atoms with Gasteiger partial charge in [-0.2, -0.15) is 0 Å². The molecule has 0 aliphatic heterocycles. The van der Waals surface area contributed by atoms with Crippen molar-refractivity contribution in [2.45, 2.75) is 64.9 Å². The molecule has 0 unspecified atom stereocenters. The summed E-state index contributed by atoms with van der Waals surface area (Å²) in [4.78, 5) is 0.683. The van der Waals surface area contributed by atoms with Crippen molar-refractivity contribution in [3.8, 4) is 0 Å². The van der Waals surface area contributed by atoms with E-state index in [1.165, 1.54) is 0 Å². The molecule has 1 aromatic carbocycles. The second kappa shape index (κ2) is 7.23. The molecule has 0 aliphatic rings. The second-order valence-electron chi connectivity index (χ2n) is 7.19. The van der Waals surface area contributed by atoms with Crippen LogP contribution in [-0.2, 0) is 4.43 Å². The van der Waals surface area contributed by atoms with Crippen LogP contribution in [0.25, 0.3) is 0 Å². The third-order valence-electron chi connectivity index (χ3n) is 4.30. The molecule has 6 heteroatoms. The number of halogens is 1. The van der Waals surface area contributed by atoms with E-state index in [1.807, 2.05) is 26.0 Å². The number of nitrogens with zero attached hydrogens (tertiary/aromatic N) is 2. The minimum atomic E-state index is -1.86. The summed E-state index contributed by atoms with van der Waals surface area (Å²) in [6, 6.07) is 6.95. The van der Waals surface area contributed by atoms with E-state index in [2.05, 4.69) is 54.9 Å². The summed E-state index contributed by atoms with van der Waals surface area (Å²) >= 11 is 3.35. The zero-order chi connectivity index (χ0) is 17.1. The molecule has 0 aliphatic carbocycles. The molecule has 0 amide bonds. The van der Waals surface area contributed by atoms with Gasteiger partial charge in [0.05, 0.1) is 6.10 Å². The predicted molar refractivity (Wildman–Crippen MR) is 97.1 cm³/mol. The van der Waals surface area contributed by atoms with Crippen molar-refractivity contribution in [3.05, 3.63) is 33.9 Å². The average molecular weight is 387 g/mol. The van der Waals surface area contributed by atoms with Gasteiger partial charge < -0.3 is 9.63 Å². The molecule has 0 heterocycles. The molecule has 0 saturated carbocycles. The van der Waals surface area contributed by atoms with Gasteiger partial charge in [0, 0.05) is 16.6 Å². The number of azo groups is 1. The normalized spacial score (nSPS) is 16.5. The lowest BCUT2D eigenvalue weighted by atomic mass is 10.2. The molecule has 0 spiro atoms. The van der Waals surface area contributed by atoms with E-state index in [9.17, 15) is 5.21 Å². The molecular formula is C16H27BrN2O2Si. The Kier molecular flexibility index (Phi) is 6.35. The van der Waals surface area contributed by atoms with Crippen molar-refractivity contribution >= 4 is 29.9 Å². The van der Waals surface area contributed by atoms with Crippen molar-refractivity contribution < 1.29 is 9.29 Å². The zero-order valence-corrected chi connectivity index (χ0v) is 17.1. The first-order chi connectivity index (χ1) is 9.94. The summed E-state index contributed by atoms with van der Waals surface area (Å²) in [5.74, 6) is 0. The highest BCUT2D eigenvalue weighted by Gasteiger charge is 2.39. The van der Waals surface area contributed by atoms with Crippen molar-refractivity contribution in [2.75, 3.05) is 0 Å². The number of benzene rings is 1. The minimum absolute atomic E-state index is 0.0900. The molecule has 22 heavy (non-hydrogen) atoms. The van der Waals surface area contributed by atoms with Crippen molar-refractivity contribution in [1.82, 2.24) is 0 Å². The molecular weight excluding hydrogens is 360 g/mol. The predicted octanol–water partition coefficient (Wildman–Crippen LogP) is 5.84. The smallest absolute Gasteiger partial charge is 0.244 e. The molecule has 4 nitrogen and oxygen atoms in total. The highest BCUT2D eigenvalue weighted by atomic mass is 79.9. The lowest BCUT2D eigenvalue weighted by molar-refractivity contribution is -0.447. The topological polar surface area (TPSA) is 47.7 Å². The highest BCUT2D eigenvalue weighted by Crippen LogP contribution is 2.37. The fourth-order valence-electron chi connectivity index (χ4n) is 1.63. The van der Waals surface area contributed by atoms with Crippen LogP contribution in [0.2, 0.25) is 18.1 Å². The van der Waals surface area contributed by atoms with Crippen LogP contribution in [0, 0.1) is 5.21 Å². The number of hydrogen-bond acceptors (Lipinski definition) is 3. The third kappa shape index (κ3) is 5.17. The summed E-state index contributed by atoms with van der Waals surface area (Å²) < 4.78 is 7.23. The quantitative estimate of drug-likeness (QED) is 0.276. The maximum absolute atomic E-state index is 12.1. The van der Waals surface area contributed by atoms with Gasteiger partial charge in [-0.3, -0.25) is 0 Å². The van der Waals surface area contributed by atoms with Crippen LogP contribution in [0.15, 0.2) is 33.9 Å². The van der Waals surface area contributed by atoms with Crippen LogP contribution in [0.1, 0.15) is 34.6 Å². The Morgan fingerprint density at radius 3 is 2.14 bits per heavy atom. The van der Waals surface area contributed by atoms with Gasteiger partial charge in [0.25, 0.3) is 0 Å². The molecule has 1 aromatic rings. The fourth-order valence-corrected chi connectivity index (χ4v) is 3.38. The van der Waals surface area contributed by atoms with Gasteiger partial charge >= 0.3 is 0 Å². The van der Waals surface area contributed by atoms with Gasteiger partial charge in [0.2, 0.25) is 5.69 Å². The summed E-state index contributed by atoms with van der Waals surface area (Å²) in [5, 5.41) is 16.5. The summed E-state index contributed by atoms with van der Waals surface area (Å²) in [5.41, 5.74) is 0.523. The van der Waals surface area contributed by atoms with Crippen molar-refractivity contribution in [3.63, 3.8) is 0 Å². The number of rotatable bonds is 5. The van der Waals surface area contributed by atoms with Crippen LogP contribution in [0.5, 0.6) is 0 Å². The molecule has 0 radical (unpaired) electrons. The second-order valence-corrected chi connectivity index (χ2v) is 12.9. The van der Waals surface area contributed by atoms with Crippen LogP contribution < -0.4 is 0 Å². The molecule has 0 aromatic heterocycles. The van der Waals surface area contributed by atoms with E-state index in [0.29, 0.717) is 10.5 Å². The molecule has 2 atom stereocenters. The standard InChI is InChI=1S/C16H27BrN2O2Si/c1-12(13(2)21-22(6,7)16(3,4)5)18-19(20)15-10-8-14(17)9-11-15/h8-13H,1-7H3/t12-,13+/m0/s1. The summed E-state index contributed by atoms with van der Waals surface area (Å²) in [6.07, 6.45) is -0.0900. The van der Waals surface area contributed by atoms with Gasteiger partial charge in [-0.25, -0.2) is 0 Å². The van der Waals surface area contributed by atoms with Crippen molar-refractivity contribution in [1.29, 1.82) is 0 Å². The van der Waals surface area contributed by atoms with Gasteiger partial charge in [-0.15, -0.1) is 0 Å². The Morgan fingerprint density at radius 2 is 1.68 bits per heavy atom. The lowest BCUT2D eigenvalue weighted by Gasteiger charge is -2.38. The largest absolute Gasteiger partial charge is 0.594 e. The first-order valence-corrected chi connectivity index (χ1v) is 11.3. The molecule has 0 bridgehead atoms. The Morgan fingerprint density at radius 1 is 1.18 bits per heavy atom. The molecule has 0 saturated heterocycles. The Hall–Kier alpha value is -0.723. The van der Waals surface area contributed by atoms with Crippen molar-refractivity contribution in [2.24, 2.45) is 5.11 Å². The lowest BCUT2D eigenvalue weighted by Crippen LogP contribution is -2.45. The van der Waals surface area contributed by atoms with E-state index in [4.69, 9.17) is 4.43 Å². The monoisotopic (exact) mass is 386 g/mol. The van der Waals surface area contributed by atoms with Gasteiger partial charge in [-0.05, 0) is 49.2 Å². The minimum Gasteiger partial charge on any atom is -0.594 e. The molecule has 124 valence electrons. The first-order valence-electron chi connectivity index (χ1n) is 7.55. The van der Waals surface area contributed by atoms with Gasteiger partial charge in [0.1, 0.15) is 6.04 Å². The Labute approximate surface area is 143 Å². The molecule has 1 rings (SSSR count). The Balaban J connectivity index is 2.80. The number of hydrogen-bond donors (Lipinski definition) is 0. The van der Waals surface area contributed by atoms with E-state index >= 15 is 0 Å². The van der Waals surface area contributed by atoms with Crippen LogP contribution in [0.4, 0.5) is 5.69 Å². The third-order valence-corrected chi connectivity index (χ3v) is 9.40. The van der Waals surface area contributed by atoms with Crippen LogP contribution in [0.3, 0.4) is 0 Å². The fraction of sp³-hybridized carbons (Fsp3) is 0.625. The average Bonchev–Trinajstić information content (AvgIpc) is 2.37. The SMILES string of the molecule is C[C@H](N=[N+]([O-])c1ccc(Br)cc1)[C@@H](C)O[Si](C)(C)C(C)(C)C. The first kappa shape index (κ1) is 19.3. The van der Waals surface area contributed by atoms with E-state index < -0.39 is 8.32 Å². The highest BCUT2D eigenvalue weighted by molar-refractivity contribution is 9.10. The zero-order valence-electron chi connectivity index (χ0n) is 14.6. The summed E-state index contributed by atoms with van der Waals surface area (Å²) in [7, 11) is -1.86. The van der Waals surface area contributed by atoms with Crippen LogP contribution >= 0.6 is 15.9 Å². The maximum Gasteiger partial charge on any atom is 0.244 e. The van der Waals surface area contributed by atoms with E-state index in [1.54, 1.807) is 12.1 Å². The van der Waals surface area contributed by atoms with Gasteiger partial charge in [0.15, 0.2) is 8.32 Å².